The largest absolute Gasteiger partial charge is 0.469 e. The number of carbonyl (C=O) groups is 2. The zero-order chi connectivity index (χ0) is 15.5. The van der Waals surface area contributed by atoms with Crippen LogP contribution >= 0.6 is 0 Å². The van der Waals surface area contributed by atoms with Crippen LogP contribution in [-0.4, -0.2) is 37.2 Å². The molecule has 2 rings (SSSR count). The molecule has 21 heavy (non-hydrogen) atoms. The van der Waals surface area contributed by atoms with Crippen molar-refractivity contribution in [3.8, 4) is 0 Å². The van der Waals surface area contributed by atoms with Crippen molar-refractivity contribution in [3.63, 3.8) is 0 Å². The van der Waals surface area contributed by atoms with Crippen molar-refractivity contribution in [1.82, 2.24) is 4.90 Å². The number of rotatable bonds is 3. The van der Waals surface area contributed by atoms with Crippen molar-refractivity contribution in [2.45, 2.75) is 20.5 Å². The maximum Gasteiger partial charge on any atom is 0.410 e. The minimum Gasteiger partial charge on any atom is -0.469 e. The number of nitrogens with zero attached hydrogens (tertiary/aromatic N) is 1. The van der Waals surface area contributed by atoms with Crippen molar-refractivity contribution in [3.05, 3.63) is 35.9 Å². The average molecular weight is 291 g/mol. The summed E-state index contributed by atoms with van der Waals surface area (Å²) in [5.74, 6) is -0.592. The molecule has 0 N–H and O–H groups in total. The molecule has 0 bridgehead atoms. The highest BCUT2D eigenvalue weighted by Crippen LogP contribution is 2.36. The number of esters is 1. The first-order valence-corrected chi connectivity index (χ1v) is 6.97. The molecular formula is C16H21NO4. The predicted octanol–water partition coefficient (Wildman–Crippen LogP) is 2.45. The number of carbonyl (C=O) groups excluding carboxylic acids is 2. The molecule has 1 heterocycles. The van der Waals surface area contributed by atoms with E-state index in [9.17, 15) is 9.59 Å². The van der Waals surface area contributed by atoms with Gasteiger partial charge in [0, 0.05) is 13.1 Å². The standard InChI is InChI=1S/C16H21NO4/c1-16(2)11-17(9-13(16)14(18)20-3)15(19)21-10-12-7-5-4-6-8-12/h4-8,13H,9-11H2,1-3H3. The maximum atomic E-state index is 12.1. The van der Waals surface area contributed by atoms with Crippen molar-refractivity contribution >= 4 is 12.1 Å². The van der Waals surface area contributed by atoms with Crippen LogP contribution in [0, 0.1) is 11.3 Å². The first kappa shape index (κ1) is 15.4. The molecule has 1 saturated heterocycles. The SMILES string of the molecule is COC(=O)C1CN(C(=O)OCc2ccccc2)CC1(C)C. The van der Waals surface area contributed by atoms with Gasteiger partial charge < -0.3 is 14.4 Å². The van der Waals surface area contributed by atoms with E-state index in [1.54, 1.807) is 4.90 Å². The van der Waals surface area contributed by atoms with Crippen molar-refractivity contribution in [2.24, 2.45) is 11.3 Å². The minimum atomic E-state index is -0.390. The zero-order valence-electron chi connectivity index (χ0n) is 12.7. The first-order valence-electron chi connectivity index (χ1n) is 6.97. The maximum absolute atomic E-state index is 12.1. The molecule has 114 valence electrons. The van der Waals surface area contributed by atoms with Crippen LogP contribution in [0.4, 0.5) is 4.79 Å². The van der Waals surface area contributed by atoms with E-state index in [2.05, 4.69) is 0 Å². The minimum absolute atomic E-state index is 0.236. The lowest BCUT2D eigenvalue weighted by Gasteiger charge is -2.22. The van der Waals surface area contributed by atoms with E-state index in [0.717, 1.165) is 5.56 Å². The highest BCUT2D eigenvalue weighted by atomic mass is 16.6. The van der Waals surface area contributed by atoms with E-state index in [1.165, 1.54) is 7.11 Å². The Morgan fingerprint density at radius 3 is 2.57 bits per heavy atom. The monoisotopic (exact) mass is 291 g/mol. The van der Waals surface area contributed by atoms with Crippen LogP contribution in [0.5, 0.6) is 0 Å². The van der Waals surface area contributed by atoms with Crippen LogP contribution < -0.4 is 0 Å². The number of ether oxygens (including phenoxy) is 2. The summed E-state index contributed by atoms with van der Waals surface area (Å²) >= 11 is 0. The van der Waals surface area contributed by atoms with Crippen molar-refractivity contribution < 1.29 is 19.1 Å². The van der Waals surface area contributed by atoms with Gasteiger partial charge in [-0.1, -0.05) is 44.2 Å². The fourth-order valence-corrected chi connectivity index (χ4v) is 2.62. The summed E-state index contributed by atoms with van der Waals surface area (Å²) in [5.41, 5.74) is 0.632. The fourth-order valence-electron chi connectivity index (χ4n) is 2.62. The molecule has 0 saturated carbocycles. The van der Waals surface area contributed by atoms with Crippen molar-refractivity contribution in [2.75, 3.05) is 20.2 Å². The quantitative estimate of drug-likeness (QED) is 0.803. The molecule has 1 unspecified atom stereocenters. The summed E-state index contributed by atoms with van der Waals surface area (Å²) in [6.45, 7) is 4.98. The third kappa shape index (κ3) is 3.54. The Hall–Kier alpha value is -2.04. The molecule has 1 aromatic carbocycles. The van der Waals surface area contributed by atoms with Gasteiger partial charge in [-0.25, -0.2) is 4.79 Å². The molecule has 1 amide bonds. The van der Waals surface area contributed by atoms with Gasteiger partial charge in [0.1, 0.15) is 6.61 Å². The van der Waals surface area contributed by atoms with Gasteiger partial charge in [0.15, 0.2) is 0 Å². The summed E-state index contributed by atoms with van der Waals surface area (Å²) in [6.07, 6.45) is -0.390. The second-order valence-corrected chi connectivity index (χ2v) is 5.99. The molecule has 1 aromatic rings. The smallest absolute Gasteiger partial charge is 0.410 e. The molecule has 1 aliphatic heterocycles. The average Bonchev–Trinajstić information content (AvgIpc) is 2.80. The van der Waals surface area contributed by atoms with Gasteiger partial charge in [0.2, 0.25) is 0 Å². The van der Waals surface area contributed by atoms with Crippen LogP contribution in [0.1, 0.15) is 19.4 Å². The third-order valence-corrected chi connectivity index (χ3v) is 3.89. The molecule has 1 aliphatic rings. The summed E-state index contributed by atoms with van der Waals surface area (Å²) in [5, 5.41) is 0. The topological polar surface area (TPSA) is 55.8 Å². The van der Waals surface area contributed by atoms with Gasteiger partial charge in [-0.15, -0.1) is 0 Å². The van der Waals surface area contributed by atoms with Gasteiger partial charge in [0.25, 0.3) is 0 Å². The molecule has 5 nitrogen and oxygen atoms in total. The number of likely N-dealkylation sites (tertiary alicyclic amines) is 1. The summed E-state index contributed by atoms with van der Waals surface area (Å²) < 4.78 is 10.1. The van der Waals surface area contributed by atoms with Crippen LogP contribution in [0.3, 0.4) is 0 Å². The number of hydrogen-bond acceptors (Lipinski definition) is 4. The summed E-state index contributed by atoms with van der Waals surface area (Å²) in [4.78, 5) is 25.5. The zero-order valence-corrected chi connectivity index (χ0v) is 12.7. The van der Waals surface area contributed by atoms with E-state index >= 15 is 0 Å². The van der Waals surface area contributed by atoms with Gasteiger partial charge >= 0.3 is 12.1 Å². The molecule has 0 spiro atoms. The Morgan fingerprint density at radius 1 is 1.29 bits per heavy atom. The van der Waals surface area contributed by atoms with E-state index in [4.69, 9.17) is 9.47 Å². The van der Waals surface area contributed by atoms with Gasteiger partial charge in [-0.3, -0.25) is 4.79 Å². The highest BCUT2D eigenvalue weighted by Gasteiger charge is 2.46. The summed E-state index contributed by atoms with van der Waals surface area (Å²) in [7, 11) is 1.37. The number of benzene rings is 1. The lowest BCUT2D eigenvalue weighted by molar-refractivity contribution is -0.147. The number of methoxy groups -OCH3 is 1. The number of amides is 1. The molecule has 5 heteroatoms. The lowest BCUT2D eigenvalue weighted by atomic mass is 9.82. The van der Waals surface area contributed by atoms with E-state index < -0.39 is 6.09 Å². The third-order valence-electron chi connectivity index (χ3n) is 3.89. The number of hydrogen-bond donors (Lipinski definition) is 0. The Balaban J connectivity index is 1.94. The predicted molar refractivity (Wildman–Crippen MR) is 77.5 cm³/mol. The van der Waals surface area contributed by atoms with Crippen molar-refractivity contribution in [1.29, 1.82) is 0 Å². The van der Waals surface area contributed by atoms with Gasteiger partial charge in [0.05, 0.1) is 13.0 Å². The molecule has 0 aromatic heterocycles. The summed E-state index contributed by atoms with van der Waals surface area (Å²) in [6, 6.07) is 9.51. The van der Waals surface area contributed by atoms with Gasteiger partial charge in [-0.05, 0) is 11.0 Å². The Bertz CT molecular complexity index is 512. The van der Waals surface area contributed by atoms with Crippen LogP contribution in [-0.2, 0) is 20.9 Å². The van der Waals surface area contributed by atoms with Crippen LogP contribution in [0.15, 0.2) is 30.3 Å². The second kappa shape index (κ2) is 6.16. The van der Waals surface area contributed by atoms with Crippen LogP contribution in [0.25, 0.3) is 0 Å². The highest BCUT2D eigenvalue weighted by molar-refractivity contribution is 5.76. The van der Waals surface area contributed by atoms with E-state index in [0.29, 0.717) is 13.1 Å². The Kier molecular flexibility index (Phi) is 4.50. The van der Waals surface area contributed by atoms with Crippen LogP contribution in [0.2, 0.25) is 0 Å². The lowest BCUT2D eigenvalue weighted by Crippen LogP contribution is -2.30. The second-order valence-electron chi connectivity index (χ2n) is 5.99. The van der Waals surface area contributed by atoms with E-state index in [1.807, 2.05) is 44.2 Å². The normalized spacial score (nSPS) is 20.1. The van der Waals surface area contributed by atoms with E-state index in [-0.39, 0.29) is 23.9 Å². The first-order chi connectivity index (χ1) is 9.94. The van der Waals surface area contributed by atoms with Gasteiger partial charge in [-0.2, -0.15) is 0 Å². The fraction of sp³-hybridized carbons (Fsp3) is 0.500. The molecule has 0 radical (unpaired) electrons. The molecule has 1 atom stereocenters. The Labute approximate surface area is 124 Å². The molecular weight excluding hydrogens is 270 g/mol. The molecule has 1 fully saturated rings. The Morgan fingerprint density at radius 2 is 1.95 bits per heavy atom. The molecule has 0 aliphatic carbocycles.